The first-order valence-electron chi connectivity index (χ1n) is 8.18. The van der Waals surface area contributed by atoms with E-state index in [1.165, 1.54) is 5.57 Å². The van der Waals surface area contributed by atoms with Crippen LogP contribution in [0.5, 0.6) is 0 Å². The maximum Gasteiger partial charge on any atom is 0.272 e. The van der Waals surface area contributed by atoms with E-state index in [1.807, 2.05) is 25.8 Å². The molecule has 0 unspecified atom stereocenters. The van der Waals surface area contributed by atoms with Gasteiger partial charge >= 0.3 is 0 Å². The average Bonchev–Trinajstić information content (AvgIpc) is 2.84. The number of methoxy groups -OCH3 is 1. The molecule has 3 heterocycles. The summed E-state index contributed by atoms with van der Waals surface area (Å²) < 4.78 is 12.7. The summed E-state index contributed by atoms with van der Waals surface area (Å²) in [4.78, 5) is 14.9. The minimum atomic E-state index is -0.0592. The molecule has 126 valence electrons. The van der Waals surface area contributed by atoms with Crippen molar-refractivity contribution in [1.82, 2.24) is 14.7 Å². The van der Waals surface area contributed by atoms with Crippen molar-refractivity contribution in [2.75, 3.05) is 26.8 Å². The highest BCUT2D eigenvalue weighted by Gasteiger charge is 2.33. The van der Waals surface area contributed by atoms with E-state index in [0.717, 1.165) is 30.6 Å². The number of hydrogen-bond donors (Lipinski definition) is 0. The van der Waals surface area contributed by atoms with Gasteiger partial charge in [0.1, 0.15) is 5.69 Å². The molecule has 0 saturated heterocycles. The highest BCUT2D eigenvalue weighted by molar-refractivity contribution is 5.94. The fraction of sp³-hybridized carbons (Fsp3) is 0.647. The minimum Gasteiger partial charge on any atom is -0.380 e. The van der Waals surface area contributed by atoms with E-state index in [4.69, 9.17) is 9.47 Å². The number of carbonyl (C=O) groups excluding carboxylic acids is 1. The fourth-order valence-corrected chi connectivity index (χ4v) is 3.49. The molecule has 0 radical (unpaired) electrons. The molecule has 0 spiro atoms. The molecule has 0 saturated carbocycles. The molecule has 0 N–H and O–H groups in total. The number of rotatable bonds is 3. The quantitative estimate of drug-likeness (QED) is 0.798. The van der Waals surface area contributed by atoms with Gasteiger partial charge in [0.25, 0.3) is 5.91 Å². The lowest BCUT2D eigenvalue weighted by atomic mass is 9.99. The van der Waals surface area contributed by atoms with Crippen molar-refractivity contribution in [3.05, 3.63) is 28.6 Å². The highest BCUT2D eigenvalue weighted by atomic mass is 16.5. The molecular formula is C17H25N3O3. The maximum atomic E-state index is 13.0. The number of amides is 1. The van der Waals surface area contributed by atoms with Crippen LogP contribution in [-0.4, -0.2) is 53.5 Å². The molecule has 0 aliphatic carbocycles. The predicted octanol–water partition coefficient (Wildman–Crippen LogP) is 1.86. The topological polar surface area (TPSA) is 56.6 Å². The van der Waals surface area contributed by atoms with Crippen LogP contribution in [0.15, 0.2) is 11.6 Å². The Morgan fingerprint density at radius 2 is 2.26 bits per heavy atom. The number of ether oxygens (including phenoxy) is 2. The number of hydrogen-bond acceptors (Lipinski definition) is 4. The SMILES string of the molecule is COCC1=CCN(C(=O)c2c3c(nn2C)[C@H](C)O[C@H](C)C3)CC1. The van der Waals surface area contributed by atoms with E-state index < -0.39 is 0 Å². The third-order valence-corrected chi connectivity index (χ3v) is 4.61. The zero-order valence-corrected chi connectivity index (χ0v) is 14.3. The van der Waals surface area contributed by atoms with Gasteiger partial charge in [0.05, 0.1) is 24.5 Å². The summed E-state index contributed by atoms with van der Waals surface area (Å²) in [7, 11) is 3.55. The summed E-state index contributed by atoms with van der Waals surface area (Å²) in [5, 5.41) is 4.54. The van der Waals surface area contributed by atoms with Crippen LogP contribution in [0.3, 0.4) is 0 Å². The largest absolute Gasteiger partial charge is 0.380 e. The summed E-state index contributed by atoms with van der Waals surface area (Å²) in [6.45, 7) is 6.06. The van der Waals surface area contributed by atoms with Crippen LogP contribution >= 0.6 is 0 Å². The van der Waals surface area contributed by atoms with Crippen molar-refractivity contribution in [3.63, 3.8) is 0 Å². The summed E-state index contributed by atoms with van der Waals surface area (Å²) in [6.07, 6.45) is 3.77. The van der Waals surface area contributed by atoms with E-state index in [2.05, 4.69) is 11.2 Å². The van der Waals surface area contributed by atoms with Crippen molar-refractivity contribution in [2.24, 2.45) is 7.05 Å². The van der Waals surface area contributed by atoms with Crippen LogP contribution in [0.2, 0.25) is 0 Å². The molecule has 23 heavy (non-hydrogen) atoms. The van der Waals surface area contributed by atoms with Gasteiger partial charge < -0.3 is 14.4 Å². The van der Waals surface area contributed by atoms with Gasteiger partial charge in [-0.1, -0.05) is 6.08 Å². The smallest absolute Gasteiger partial charge is 0.272 e. The van der Waals surface area contributed by atoms with Crippen molar-refractivity contribution < 1.29 is 14.3 Å². The Morgan fingerprint density at radius 3 is 2.91 bits per heavy atom. The lowest BCUT2D eigenvalue weighted by Gasteiger charge is -2.28. The maximum absolute atomic E-state index is 13.0. The predicted molar refractivity (Wildman–Crippen MR) is 86.4 cm³/mol. The van der Waals surface area contributed by atoms with Gasteiger partial charge in [0, 0.05) is 39.2 Å². The van der Waals surface area contributed by atoms with Gasteiger partial charge in [-0.15, -0.1) is 0 Å². The first-order valence-corrected chi connectivity index (χ1v) is 8.18. The molecule has 0 aromatic carbocycles. The molecule has 2 aliphatic heterocycles. The third kappa shape index (κ3) is 3.05. The lowest BCUT2D eigenvalue weighted by molar-refractivity contribution is -0.00713. The van der Waals surface area contributed by atoms with Crippen LogP contribution in [-0.2, 0) is 22.9 Å². The second-order valence-electron chi connectivity index (χ2n) is 6.43. The number of aryl methyl sites for hydroxylation is 1. The Hall–Kier alpha value is -1.66. The Morgan fingerprint density at radius 1 is 1.48 bits per heavy atom. The normalized spacial score (nSPS) is 24.3. The zero-order valence-electron chi connectivity index (χ0n) is 14.3. The molecule has 3 rings (SSSR count). The van der Waals surface area contributed by atoms with Gasteiger partial charge in [-0.2, -0.15) is 5.10 Å². The molecule has 1 aromatic rings. The third-order valence-electron chi connectivity index (χ3n) is 4.61. The Labute approximate surface area is 137 Å². The van der Waals surface area contributed by atoms with Gasteiger partial charge in [-0.3, -0.25) is 9.48 Å². The van der Waals surface area contributed by atoms with Crippen molar-refractivity contribution in [3.8, 4) is 0 Å². The monoisotopic (exact) mass is 319 g/mol. The number of fused-ring (bicyclic) bond motifs is 1. The van der Waals surface area contributed by atoms with E-state index in [-0.39, 0.29) is 18.1 Å². The minimum absolute atomic E-state index is 0.0592. The molecule has 1 amide bonds. The van der Waals surface area contributed by atoms with Gasteiger partial charge in [0.2, 0.25) is 0 Å². The second-order valence-corrected chi connectivity index (χ2v) is 6.43. The van der Waals surface area contributed by atoms with Crippen LogP contribution in [0.4, 0.5) is 0 Å². The van der Waals surface area contributed by atoms with E-state index in [0.29, 0.717) is 18.8 Å². The molecule has 6 heteroatoms. The molecule has 2 aliphatic rings. The number of aromatic nitrogens is 2. The van der Waals surface area contributed by atoms with Crippen LogP contribution in [0.1, 0.15) is 48.1 Å². The van der Waals surface area contributed by atoms with Crippen LogP contribution in [0.25, 0.3) is 0 Å². The first-order chi connectivity index (χ1) is 11.0. The van der Waals surface area contributed by atoms with E-state index >= 15 is 0 Å². The second kappa shape index (κ2) is 6.45. The molecule has 0 fully saturated rings. The standard InChI is InChI=1S/C17H25N3O3/c1-11-9-14-15(12(2)23-11)18-19(3)16(14)17(21)20-7-5-13(6-8-20)10-22-4/h5,11-12H,6-10H2,1-4H3/t11-,12+/m1/s1. The first kappa shape index (κ1) is 16.2. The Balaban J connectivity index is 1.84. The average molecular weight is 319 g/mol. The molecule has 0 bridgehead atoms. The fourth-order valence-electron chi connectivity index (χ4n) is 3.49. The number of carbonyl (C=O) groups is 1. The van der Waals surface area contributed by atoms with Crippen LogP contribution < -0.4 is 0 Å². The van der Waals surface area contributed by atoms with E-state index in [9.17, 15) is 4.79 Å². The number of nitrogens with zero attached hydrogens (tertiary/aromatic N) is 3. The van der Waals surface area contributed by atoms with Gasteiger partial charge in [-0.25, -0.2) is 0 Å². The van der Waals surface area contributed by atoms with E-state index in [1.54, 1.807) is 11.8 Å². The zero-order chi connectivity index (χ0) is 16.6. The molecule has 2 atom stereocenters. The summed E-state index contributed by atoms with van der Waals surface area (Å²) in [6, 6.07) is 0. The molecular weight excluding hydrogens is 294 g/mol. The summed E-state index contributed by atoms with van der Waals surface area (Å²) >= 11 is 0. The summed E-state index contributed by atoms with van der Waals surface area (Å²) in [5.41, 5.74) is 3.93. The van der Waals surface area contributed by atoms with Crippen molar-refractivity contribution >= 4 is 5.91 Å². The van der Waals surface area contributed by atoms with Gasteiger partial charge in [0.15, 0.2) is 0 Å². The summed E-state index contributed by atoms with van der Waals surface area (Å²) in [5.74, 6) is 0.0651. The van der Waals surface area contributed by atoms with Crippen molar-refractivity contribution in [2.45, 2.75) is 38.9 Å². The Bertz CT molecular complexity index is 635. The Kier molecular flexibility index (Phi) is 4.55. The van der Waals surface area contributed by atoms with Crippen LogP contribution in [0, 0.1) is 0 Å². The molecule has 6 nitrogen and oxygen atoms in total. The van der Waals surface area contributed by atoms with Gasteiger partial charge in [-0.05, 0) is 25.8 Å². The highest BCUT2D eigenvalue weighted by Crippen LogP contribution is 2.31. The van der Waals surface area contributed by atoms with Crippen molar-refractivity contribution in [1.29, 1.82) is 0 Å². The lowest BCUT2D eigenvalue weighted by Crippen LogP contribution is -2.37. The molecule has 1 aromatic heterocycles.